The normalized spacial score (nSPS) is 11.4. The first kappa shape index (κ1) is 6.74. The summed E-state index contributed by atoms with van der Waals surface area (Å²) in [6.07, 6.45) is 5.59. The van der Waals surface area contributed by atoms with Crippen molar-refractivity contribution in [3.05, 3.63) is 12.2 Å². The van der Waals surface area contributed by atoms with Crippen LogP contribution in [0.5, 0.6) is 0 Å². The zero-order valence-corrected chi connectivity index (χ0v) is 5.44. The molecule has 0 unspecified atom stereocenters. The first-order valence-electron chi connectivity index (χ1n) is 2.94. The molecule has 0 aromatic carbocycles. The van der Waals surface area contributed by atoms with Gasteiger partial charge in [-0.15, -0.1) is 0 Å². The van der Waals surface area contributed by atoms with E-state index < -0.39 is 0 Å². The number of allylic oxidation sites excluding steroid dienone is 2. The Morgan fingerprint density at radius 1 is 1.43 bits per heavy atom. The maximum Gasteiger partial charge on any atom is -0.0290 e. The summed E-state index contributed by atoms with van der Waals surface area (Å²) < 4.78 is 0. The molecule has 0 rings (SSSR count). The van der Waals surface area contributed by atoms with Crippen LogP contribution in [0.15, 0.2) is 12.2 Å². The fourth-order valence-electron chi connectivity index (χ4n) is 0.408. The lowest BCUT2D eigenvalue weighted by atomic mass is 10.2. The van der Waals surface area contributed by atoms with Gasteiger partial charge in [0.1, 0.15) is 0 Å². The zero-order valence-electron chi connectivity index (χ0n) is 5.44. The van der Waals surface area contributed by atoms with Crippen LogP contribution in [0.1, 0.15) is 27.2 Å². The van der Waals surface area contributed by atoms with Gasteiger partial charge < -0.3 is 0 Å². The SMILES string of the molecule is CC/C=C/C(C)C. The summed E-state index contributed by atoms with van der Waals surface area (Å²) in [5, 5.41) is 0. The quantitative estimate of drug-likeness (QED) is 0.466. The predicted octanol–water partition coefficient (Wildman–Crippen LogP) is 2.61. The minimum Gasteiger partial charge on any atom is -0.0886 e. The molecule has 0 aromatic heterocycles. The van der Waals surface area contributed by atoms with Gasteiger partial charge in [-0.3, -0.25) is 0 Å². The van der Waals surface area contributed by atoms with Crippen LogP contribution in [0, 0.1) is 5.92 Å². The summed E-state index contributed by atoms with van der Waals surface area (Å²) in [4.78, 5) is 0. The van der Waals surface area contributed by atoms with Crippen LogP contribution in [0.4, 0.5) is 0 Å². The minimum atomic E-state index is 0.722. The Bertz CT molecular complexity index is 51.1. The van der Waals surface area contributed by atoms with Crippen LogP contribution in [0.25, 0.3) is 0 Å². The third-order valence-electron chi connectivity index (χ3n) is 0.757. The van der Waals surface area contributed by atoms with Crippen molar-refractivity contribution in [1.82, 2.24) is 0 Å². The van der Waals surface area contributed by atoms with Crippen LogP contribution in [-0.2, 0) is 0 Å². The lowest BCUT2D eigenvalue weighted by Crippen LogP contribution is -1.74. The Kier molecular flexibility index (Phi) is 3.77. The second kappa shape index (κ2) is 3.91. The number of hydrogen-bond acceptors (Lipinski definition) is 0. The standard InChI is InChI=1S/C7H14/c1-4-5-6-7(2)3/h5-7H,4H2,1-3H3/b6-5+. The molecule has 0 fully saturated rings. The average molecular weight is 98.2 g/mol. The van der Waals surface area contributed by atoms with E-state index in [2.05, 4.69) is 32.9 Å². The van der Waals surface area contributed by atoms with E-state index in [-0.39, 0.29) is 0 Å². The Hall–Kier alpha value is -0.260. The van der Waals surface area contributed by atoms with E-state index in [4.69, 9.17) is 0 Å². The van der Waals surface area contributed by atoms with Crippen molar-refractivity contribution in [2.75, 3.05) is 0 Å². The highest BCUT2D eigenvalue weighted by atomic mass is 13.8. The van der Waals surface area contributed by atoms with Gasteiger partial charge in [-0.05, 0) is 12.3 Å². The molecule has 0 saturated carbocycles. The molecular formula is C7H14. The summed E-state index contributed by atoms with van der Waals surface area (Å²) in [5.41, 5.74) is 0. The first-order chi connectivity index (χ1) is 3.27. The number of hydrogen-bond donors (Lipinski definition) is 0. The molecule has 0 nitrogen and oxygen atoms in total. The van der Waals surface area contributed by atoms with Gasteiger partial charge in [0.25, 0.3) is 0 Å². The van der Waals surface area contributed by atoms with Crippen molar-refractivity contribution in [3.63, 3.8) is 0 Å². The molecule has 0 heterocycles. The minimum absolute atomic E-state index is 0.722. The molecule has 7 heavy (non-hydrogen) atoms. The molecule has 0 atom stereocenters. The zero-order chi connectivity index (χ0) is 5.70. The molecule has 0 radical (unpaired) electrons. The third-order valence-corrected chi connectivity index (χ3v) is 0.757. The van der Waals surface area contributed by atoms with Crippen LogP contribution in [0.2, 0.25) is 0 Å². The summed E-state index contributed by atoms with van der Waals surface area (Å²) >= 11 is 0. The largest absolute Gasteiger partial charge is 0.0886 e. The van der Waals surface area contributed by atoms with Crippen LogP contribution in [0.3, 0.4) is 0 Å². The van der Waals surface area contributed by atoms with E-state index in [1.54, 1.807) is 0 Å². The molecule has 0 aliphatic carbocycles. The Morgan fingerprint density at radius 2 is 2.00 bits per heavy atom. The van der Waals surface area contributed by atoms with Crippen molar-refractivity contribution >= 4 is 0 Å². The van der Waals surface area contributed by atoms with Crippen molar-refractivity contribution in [1.29, 1.82) is 0 Å². The molecule has 0 saturated heterocycles. The van der Waals surface area contributed by atoms with E-state index >= 15 is 0 Å². The second-order valence-electron chi connectivity index (χ2n) is 2.08. The van der Waals surface area contributed by atoms with Gasteiger partial charge in [-0.2, -0.15) is 0 Å². The monoisotopic (exact) mass is 98.1 g/mol. The highest BCUT2D eigenvalue weighted by molar-refractivity contribution is 4.82. The predicted molar refractivity (Wildman–Crippen MR) is 34.3 cm³/mol. The lowest BCUT2D eigenvalue weighted by Gasteiger charge is -1.88. The van der Waals surface area contributed by atoms with Crippen molar-refractivity contribution in [3.8, 4) is 0 Å². The second-order valence-corrected chi connectivity index (χ2v) is 2.08. The van der Waals surface area contributed by atoms with Crippen molar-refractivity contribution < 1.29 is 0 Å². The van der Waals surface area contributed by atoms with Gasteiger partial charge in [0.15, 0.2) is 0 Å². The highest BCUT2D eigenvalue weighted by Gasteiger charge is 1.78. The van der Waals surface area contributed by atoms with Gasteiger partial charge in [-0.25, -0.2) is 0 Å². The molecule has 0 bridgehead atoms. The fraction of sp³-hybridized carbons (Fsp3) is 0.714. The van der Waals surface area contributed by atoms with Gasteiger partial charge in [-0.1, -0.05) is 32.9 Å². The van der Waals surface area contributed by atoms with Crippen molar-refractivity contribution in [2.45, 2.75) is 27.2 Å². The molecule has 0 spiro atoms. The van der Waals surface area contributed by atoms with Gasteiger partial charge in [0, 0.05) is 0 Å². The van der Waals surface area contributed by atoms with Gasteiger partial charge in [0.05, 0.1) is 0 Å². The number of rotatable bonds is 2. The summed E-state index contributed by atoms with van der Waals surface area (Å²) in [5.74, 6) is 0.722. The summed E-state index contributed by atoms with van der Waals surface area (Å²) in [6, 6.07) is 0. The van der Waals surface area contributed by atoms with E-state index in [9.17, 15) is 0 Å². The van der Waals surface area contributed by atoms with Crippen LogP contribution in [-0.4, -0.2) is 0 Å². The smallest absolute Gasteiger partial charge is 0.0290 e. The summed E-state index contributed by atoms with van der Waals surface area (Å²) in [7, 11) is 0. The Labute approximate surface area is 46.2 Å². The topological polar surface area (TPSA) is 0 Å². The molecule has 0 aliphatic rings. The third kappa shape index (κ3) is 5.74. The molecule has 42 valence electrons. The van der Waals surface area contributed by atoms with Crippen molar-refractivity contribution in [2.24, 2.45) is 5.92 Å². The van der Waals surface area contributed by atoms with Crippen LogP contribution >= 0.6 is 0 Å². The molecule has 0 amide bonds. The van der Waals surface area contributed by atoms with Gasteiger partial charge in [0.2, 0.25) is 0 Å². The molecular weight excluding hydrogens is 84.1 g/mol. The van der Waals surface area contributed by atoms with Crippen LogP contribution < -0.4 is 0 Å². The maximum absolute atomic E-state index is 2.22. The summed E-state index contributed by atoms with van der Waals surface area (Å²) in [6.45, 7) is 6.52. The van der Waals surface area contributed by atoms with E-state index in [0.717, 1.165) is 12.3 Å². The highest BCUT2D eigenvalue weighted by Crippen LogP contribution is 1.93. The molecule has 0 aromatic rings. The van der Waals surface area contributed by atoms with Gasteiger partial charge >= 0.3 is 0 Å². The molecule has 0 heteroatoms. The molecule has 0 aliphatic heterocycles. The average Bonchev–Trinajstić information content (AvgIpc) is 1.61. The Morgan fingerprint density at radius 3 is 2.14 bits per heavy atom. The van der Waals surface area contributed by atoms with E-state index in [0.29, 0.717) is 0 Å². The molecule has 0 N–H and O–H groups in total. The first-order valence-corrected chi connectivity index (χ1v) is 2.94. The lowest BCUT2D eigenvalue weighted by molar-refractivity contribution is 0.826. The van der Waals surface area contributed by atoms with E-state index in [1.807, 2.05) is 0 Å². The fourth-order valence-corrected chi connectivity index (χ4v) is 0.408. The maximum atomic E-state index is 2.22. The Balaban J connectivity index is 3.08. The van der Waals surface area contributed by atoms with E-state index in [1.165, 1.54) is 0 Å².